The molecule has 0 aliphatic carbocycles. The van der Waals surface area contributed by atoms with E-state index in [1.165, 1.54) is 0 Å². The number of benzene rings is 4. The van der Waals surface area contributed by atoms with Crippen LogP contribution in [-0.2, 0) is 36.8 Å². The molecule has 2 fully saturated rings. The number of carboxylic acids is 1. The van der Waals surface area contributed by atoms with Gasteiger partial charge in [0.05, 0.1) is 17.1 Å². The highest BCUT2D eigenvalue weighted by atomic mass is 32.2. The third-order valence-electron chi connectivity index (χ3n) is 11.8. The van der Waals surface area contributed by atoms with Crippen LogP contribution >= 0.6 is 0 Å². The minimum absolute atomic E-state index is 0.0746. The highest BCUT2D eigenvalue weighted by Gasteiger charge is 2.52. The number of carbonyl (C=O) groups is 1. The van der Waals surface area contributed by atoms with Gasteiger partial charge in [-0.15, -0.1) is 0 Å². The molecule has 8 heteroatoms. The molecule has 4 aromatic carbocycles. The quantitative estimate of drug-likeness (QED) is 0.154. The highest BCUT2D eigenvalue weighted by Crippen LogP contribution is 2.55. The second-order valence-corrected chi connectivity index (χ2v) is 18.8. The molecule has 0 aromatic heterocycles. The lowest BCUT2D eigenvalue weighted by Gasteiger charge is -2.53. The maximum Gasteiger partial charge on any atom is 0.341 e. The van der Waals surface area contributed by atoms with Crippen molar-refractivity contribution in [3.05, 3.63) is 143 Å². The van der Waals surface area contributed by atoms with Crippen molar-refractivity contribution < 1.29 is 27.8 Å². The van der Waals surface area contributed by atoms with Gasteiger partial charge < -0.3 is 14.6 Å². The van der Waals surface area contributed by atoms with Gasteiger partial charge in [0.25, 0.3) is 0 Å². The summed E-state index contributed by atoms with van der Waals surface area (Å²) in [4.78, 5) is 12.0. The van der Waals surface area contributed by atoms with Gasteiger partial charge in [0, 0.05) is 35.4 Å². The Morgan fingerprint density at radius 1 is 0.870 bits per heavy atom. The average molecular weight is 750 g/mol. The molecule has 6 rings (SSSR count). The summed E-state index contributed by atoms with van der Waals surface area (Å²) in [5.74, 6) is -0.690. The topological polar surface area (TPSA) is 93.1 Å². The van der Waals surface area contributed by atoms with Crippen LogP contribution in [0.2, 0.25) is 0 Å². The number of hydrogen-bond acceptors (Lipinski definition) is 5. The molecular weight excluding hydrogens is 695 g/mol. The number of aliphatic carboxylic acids is 1. The van der Waals surface area contributed by atoms with E-state index >= 15 is 0 Å². The van der Waals surface area contributed by atoms with E-state index < -0.39 is 28.7 Å². The number of sulfonamides is 1. The molecule has 7 nitrogen and oxygen atoms in total. The zero-order valence-corrected chi connectivity index (χ0v) is 33.4. The zero-order chi connectivity index (χ0) is 38.9. The number of ether oxygens (including phenoxy) is 2. The summed E-state index contributed by atoms with van der Waals surface area (Å²) in [5, 5.41) is 9.60. The van der Waals surface area contributed by atoms with Gasteiger partial charge in [-0.05, 0) is 84.5 Å². The van der Waals surface area contributed by atoms with E-state index in [0.717, 1.165) is 39.8 Å². The van der Waals surface area contributed by atoms with E-state index in [-0.39, 0.29) is 28.3 Å². The Labute approximate surface area is 322 Å². The molecule has 54 heavy (non-hydrogen) atoms. The van der Waals surface area contributed by atoms with Crippen LogP contribution in [-0.4, -0.2) is 49.6 Å². The summed E-state index contributed by atoms with van der Waals surface area (Å²) in [7, 11) is -3.69. The van der Waals surface area contributed by atoms with E-state index in [2.05, 4.69) is 71.5 Å². The number of rotatable bonds is 11. The van der Waals surface area contributed by atoms with Crippen molar-refractivity contribution in [2.75, 3.05) is 19.7 Å². The molecule has 2 aliphatic rings. The summed E-state index contributed by atoms with van der Waals surface area (Å²) in [6.07, 6.45) is 1.99. The highest BCUT2D eigenvalue weighted by molar-refractivity contribution is 7.89. The molecule has 4 aromatic rings. The summed E-state index contributed by atoms with van der Waals surface area (Å²) in [5.41, 5.74) is 5.47. The van der Waals surface area contributed by atoms with Gasteiger partial charge in [-0.1, -0.05) is 126 Å². The van der Waals surface area contributed by atoms with Crippen LogP contribution in [0.3, 0.4) is 0 Å². The van der Waals surface area contributed by atoms with E-state index in [4.69, 9.17) is 9.47 Å². The van der Waals surface area contributed by atoms with Gasteiger partial charge in [0.1, 0.15) is 5.75 Å². The molecular formula is C46H55NO6S. The number of hydrogen-bond donors (Lipinski definition) is 1. The van der Waals surface area contributed by atoms with Crippen LogP contribution in [0.5, 0.6) is 5.75 Å². The second kappa shape index (κ2) is 15.5. The Bertz CT molecular complexity index is 2040. The van der Waals surface area contributed by atoms with Crippen LogP contribution in [0.25, 0.3) is 0 Å². The van der Waals surface area contributed by atoms with Crippen LogP contribution in [0.15, 0.2) is 120 Å². The fraction of sp³-hybridized carbons (Fsp3) is 0.413. The summed E-state index contributed by atoms with van der Waals surface area (Å²) in [6, 6.07) is 34.0. The third kappa shape index (κ3) is 8.21. The molecule has 0 unspecified atom stereocenters. The lowest BCUT2D eigenvalue weighted by molar-refractivity contribution is -0.166. The molecule has 3 atom stereocenters. The van der Waals surface area contributed by atoms with Gasteiger partial charge in [-0.3, -0.25) is 0 Å². The van der Waals surface area contributed by atoms with Crippen molar-refractivity contribution in [1.29, 1.82) is 0 Å². The van der Waals surface area contributed by atoms with Crippen molar-refractivity contribution >= 4 is 16.0 Å². The maximum absolute atomic E-state index is 14.0. The molecule has 286 valence electrons. The van der Waals surface area contributed by atoms with E-state index in [9.17, 15) is 18.3 Å². The molecule has 1 N–H and O–H groups in total. The SMILES string of the molecule is C=C(C)[C@@H]1CC2(CCN(S(=O)(=O)c3ccc(C(C)(C)C)cc3)CC2)[C@@H](Cc2ccccc2)O[C@H]1c1cc(C(C)(C)c2ccccc2)ccc1OCC(=O)O. The standard InChI is InChI=1S/C46H55NO6S/c1-32(2)39-30-46(24-26-47(27-25-46)54(50,51)37-21-18-34(19-22-37)44(3,4)5)41(28-33-14-10-8-11-15-33)53-43(39)38-29-36(20-23-40(38)52-31-42(48)49)45(6,7)35-16-12-9-13-17-35/h8-23,29,39,41,43H,1,24-28,30-31H2,2-7H3,(H,48,49)/t39-,41+,43-/m0/s1. The molecule has 2 saturated heterocycles. The van der Waals surface area contributed by atoms with Gasteiger partial charge in [-0.25, -0.2) is 13.2 Å². The number of piperidine rings is 1. The Balaban J connectivity index is 1.36. The van der Waals surface area contributed by atoms with Crippen LogP contribution < -0.4 is 4.74 Å². The normalized spacial score (nSPS) is 20.7. The number of nitrogens with zero attached hydrogens (tertiary/aromatic N) is 1. The molecule has 0 radical (unpaired) electrons. The van der Waals surface area contributed by atoms with Crippen molar-refractivity contribution in [2.24, 2.45) is 11.3 Å². The first-order chi connectivity index (χ1) is 25.5. The predicted octanol–water partition coefficient (Wildman–Crippen LogP) is 9.51. The summed E-state index contributed by atoms with van der Waals surface area (Å²) < 4.78 is 43.0. The van der Waals surface area contributed by atoms with E-state index in [0.29, 0.717) is 43.0 Å². The smallest absolute Gasteiger partial charge is 0.341 e. The zero-order valence-electron chi connectivity index (χ0n) is 32.5. The Kier molecular flexibility index (Phi) is 11.3. The fourth-order valence-corrected chi connectivity index (χ4v) is 9.78. The summed E-state index contributed by atoms with van der Waals surface area (Å²) in [6.45, 7) is 17.5. The Morgan fingerprint density at radius 3 is 2.04 bits per heavy atom. The first kappa shape index (κ1) is 39.5. The van der Waals surface area contributed by atoms with Crippen molar-refractivity contribution in [3.8, 4) is 5.75 Å². The van der Waals surface area contributed by atoms with Gasteiger partial charge in [0.2, 0.25) is 10.0 Å². The Morgan fingerprint density at radius 2 is 1.46 bits per heavy atom. The average Bonchev–Trinajstić information content (AvgIpc) is 3.15. The maximum atomic E-state index is 14.0. The van der Waals surface area contributed by atoms with Crippen LogP contribution in [0.1, 0.15) is 94.7 Å². The van der Waals surface area contributed by atoms with Crippen molar-refractivity contribution in [1.82, 2.24) is 4.31 Å². The lowest BCUT2D eigenvalue weighted by atomic mass is 9.63. The van der Waals surface area contributed by atoms with Gasteiger partial charge in [-0.2, -0.15) is 4.31 Å². The van der Waals surface area contributed by atoms with Crippen molar-refractivity contribution in [3.63, 3.8) is 0 Å². The largest absolute Gasteiger partial charge is 0.482 e. The van der Waals surface area contributed by atoms with Crippen molar-refractivity contribution in [2.45, 2.75) is 95.2 Å². The van der Waals surface area contributed by atoms with Crippen LogP contribution in [0, 0.1) is 11.3 Å². The van der Waals surface area contributed by atoms with E-state index in [1.54, 1.807) is 16.4 Å². The number of carboxylic acid groups (broad SMARTS) is 1. The lowest BCUT2D eigenvalue weighted by Crippen LogP contribution is -2.53. The van der Waals surface area contributed by atoms with Gasteiger partial charge in [0.15, 0.2) is 6.61 Å². The third-order valence-corrected chi connectivity index (χ3v) is 13.8. The monoisotopic (exact) mass is 749 g/mol. The molecule has 1 spiro atoms. The minimum atomic E-state index is -3.69. The predicted molar refractivity (Wildman–Crippen MR) is 214 cm³/mol. The van der Waals surface area contributed by atoms with Crippen LogP contribution in [0.4, 0.5) is 0 Å². The molecule has 2 heterocycles. The minimum Gasteiger partial charge on any atom is -0.482 e. The Hall–Kier alpha value is -4.24. The molecule has 0 saturated carbocycles. The molecule has 2 aliphatic heterocycles. The fourth-order valence-electron chi connectivity index (χ4n) is 8.33. The first-order valence-corrected chi connectivity index (χ1v) is 20.5. The first-order valence-electron chi connectivity index (χ1n) is 19.0. The van der Waals surface area contributed by atoms with Gasteiger partial charge >= 0.3 is 5.97 Å². The van der Waals surface area contributed by atoms with E-state index in [1.807, 2.05) is 67.6 Å². The molecule has 0 amide bonds. The molecule has 0 bridgehead atoms. The second-order valence-electron chi connectivity index (χ2n) is 16.9. The summed E-state index contributed by atoms with van der Waals surface area (Å²) >= 11 is 0.